The Balaban J connectivity index is 2.39. The van der Waals surface area contributed by atoms with Gasteiger partial charge in [-0.3, -0.25) is 0 Å². The summed E-state index contributed by atoms with van der Waals surface area (Å²) in [4.78, 5) is 10.9. The van der Waals surface area contributed by atoms with E-state index in [2.05, 4.69) is 69.6 Å². The molecule has 2 aromatic rings. The summed E-state index contributed by atoms with van der Waals surface area (Å²) >= 11 is 0. The zero-order valence-electron chi connectivity index (χ0n) is 16.1. The third kappa shape index (κ3) is 5.28. The minimum Gasteiger partial charge on any atom is -0.478 e. The molecule has 0 heterocycles. The van der Waals surface area contributed by atoms with E-state index in [-0.39, 0.29) is 0 Å². The van der Waals surface area contributed by atoms with Gasteiger partial charge in [0.05, 0.1) is 21.7 Å². The number of aromatic carboxylic acids is 1. The maximum absolute atomic E-state index is 10.9. The van der Waals surface area contributed by atoms with Crippen LogP contribution >= 0.6 is 0 Å². The molecule has 1 N–H and O–H groups in total. The summed E-state index contributed by atoms with van der Waals surface area (Å²) in [7, 11) is -2.76. The van der Waals surface area contributed by atoms with Crippen molar-refractivity contribution in [3.05, 3.63) is 59.2 Å². The van der Waals surface area contributed by atoms with Gasteiger partial charge in [0, 0.05) is 0 Å². The quantitative estimate of drug-likeness (QED) is 0.616. The molecule has 0 aliphatic heterocycles. The van der Waals surface area contributed by atoms with E-state index in [1.165, 1.54) is 15.9 Å². The van der Waals surface area contributed by atoms with Crippen molar-refractivity contribution in [3.63, 3.8) is 0 Å². The van der Waals surface area contributed by atoms with Crippen LogP contribution in [0, 0.1) is 0 Å². The lowest BCUT2D eigenvalue weighted by atomic mass is 10.1. The Morgan fingerprint density at radius 2 is 1.20 bits per heavy atom. The second kappa shape index (κ2) is 7.14. The highest BCUT2D eigenvalue weighted by atomic mass is 28.3. The van der Waals surface area contributed by atoms with E-state index >= 15 is 0 Å². The van der Waals surface area contributed by atoms with Crippen molar-refractivity contribution in [2.24, 2.45) is 0 Å². The number of hydrogen-bond donors (Lipinski definition) is 1. The van der Waals surface area contributed by atoms with Crippen LogP contribution in [0.15, 0.2) is 42.5 Å². The lowest BCUT2D eigenvalue weighted by Crippen LogP contribution is -2.45. The summed E-state index contributed by atoms with van der Waals surface area (Å²) in [5, 5.41) is 12.0. The van der Waals surface area contributed by atoms with E-state index in [4.69, 9.17) is 5.11 Å². The van der Waals surface area contributed by atoms with E-state index in [0.717, 1.165) is 5.56 Å². The van der Waals surface area contributed by atoms with Crippen LogP contribution in [0.3, 0.4) is 0 Å². The molecule has 0 aliphatic rings. The maximum Gasteiger partial charge on any atom is 0.335 e. The SMILES string of the molecule is C[Si](C)(C)c1cc(C=Cc2ccc(C(=O)O)cc2)cc([Si](C)(C)C)c1. The van der Waals surface area contributed by atoms with Crippen LogP contribution in [0.4, 0.5) is 0 Å². The Labute approximate surface area is 153 Å². The molecule has 0 amide bonds. The number of benzene rings is 2. The van der Waals surface area contributed by atoms with Crippen molar-refractivity contribution in [2.75, 3.05) is 0 Å². The first-order chi connectivity index (χ1) is 11.5. The molecule has 2 aromatic carbocycles. The van der Waals surface area contributed by atoms with Crippen LogP contribution in [0.25, 0.3) is 12.2 Å². The number of carboxylic acid groups (broad SMARTS) is 1. The summed E-state index contributed by atoms with van der Waals surface area (Å²) in [5.74, 6) is -0.891. The van der Waals surface area contributed by atoms with Gasteiger partial charge in [-0.05, 0) is 23.3 Å². The van der Waals surface area contributed by atoms with Crippen LogP contribution in [-0.2, 0) is 0 Å². The lowest BCUT2D eigenvalue weighted by Gasteiger charge is -2.23. The van der Waals surface area contributed by atoms with Gasteiger partial charge < -0.3 is 5.11 Å². The molecule has 2 nitrogen and oxygen atoms in total. The van der Waals surface area contributed by atoms with Gasteiger partial charge in [0.25, 0.3) is 0 Å². The van der Waals surface area contributed by atoms with Crippen molar-refractivity contribution in [1.82, 2.24) is 0 Å². The van der Waals surface area contributed by atoms with Crippen LogP contribution < -0.4 is 10.4 Å². The van der Waals surface area contributed by atoms with Gasteiger partial charge >= 0.3 is 5.97 Å². The van der Waals surface area contributed by atoms with E-state index in [1.54, 1.807) is 12.1 Å². The molecular formula is C21H28O2Si2. The molecule has 25 heavy (non-hydrogen) atoms. The highest BCUT2D eigenvalue weighted by molar-refractivity contribution is 6.91. The average Bonchev–Trinajstić information content (AvgIpc) is 2.51. The Bertz CT molecular complexity index is 760. The highest BCUT2D eigenvalue weighted by Crippen LogP contribution is 2.13. The molecule has 0 saturated heterocycles. The molecule has 0 aromatic heterocycles. The molecule has 2 rings (SSSR count). The Hall–Kier alpha value is -1.92. The van der Waals surface area contributed by atoms with Gasteiger partial charge in [0.2, 0.25) is 0 Å². The van der Waals surface area contributed by atoms with Gasteiger partial charge in [-0.15, -0.1) is 0 Å². The van der Waals surface area contributed by atoms with Gasteiger partial charge in [0.1, 0.15) is 0 Å². The zero-order valence-corrected chi connectivity index (χ0v) is 18.1. The molecule has 4 heteroatoms. The first-order valence-corrected chi connectivity index (χ1v) is 15.6. The third-order valence-corrected chi connectivity index (χ3v) is 8.35. The molecular weight excluding hydrogens is 340 g/mol. The minimum atomic E-state index is -1.38. The van der Waals surface area contributed by atoms with Crippen molar-refractivity contribution in [2.45, 2.75) is 39.3 Å². The van der Waals surface area contributed by atoms with E-state index < -0.39 is 22.1 Å². The summed E-state index contributed by atoms with van der Waals surface area (Å²) in [6.07, 6.45) is 4.20. The second-order valence-electron chi connectivity index (χ2n) is 8.60. The smallest absolute Gasteiger partial charge is 0.335 e. The van der Waals surface area contributed by atoms with Crippen molar-refractivity contribution in [3.8, 4) is 0 Å². The van der Waals surface area contributed by atoms with E-state index in [0.29, 0.717) is 5.56 Å². The minimum absolute atomic E-state index is 0.318. The standard InChI is InChI=1S/C21H28O2Si2/c1-24(2,3)19-13-17(14-20(15-19)25(4,5)6)8-7-16-9-11-18(12-10-16)21(22)23/h7-15H,1-6H3,(H,22,23). The summed E-state index contributed by atoms with van der Waals surface area (Å²) in [6.45, 7) is 14.3. The highest BCUT2D eigenvalue weighted by Gasteiger charge is 2.22. The fraction of sp³-hybridized carbons (Fsp3) is 0.286. The van der Waals surface area contributed by atoms with Gasteiger partial charge in [-0.1, -0.05) is 92.1 Å². The van der Waals surface area contributed by atoms with Crippen molar-refractivity contribution >= 4 is 44.6 Å². The van der Waals surface area contributed by atoms with E-state index in [1.807, 2.05) is 12.1 Å². The maximum atomic E-state index is 10.9. The summed E-state index contributed by atoms with van der Waals surface area (Å²) < 4.78 is 0. The Morgan fingerprint density at radius 1 is 0.760 bits per heavy atom. The zero-order chi connectivity index (χ0) is 18.8. The van der Waals surface area contributed by atoms with E-state index in [9.17, 15) is 4.79 Å². The average molecular weight is 369 g/mol. The fourth-order valence-corrected chi connectivity index (χ4v) is 5.06. The number of carboxylic acids is 1. The number of hydrogen-bond acceptors (Lipinski definition) is 1. The normalized spacial score (nSPS) is 12.6. The van der Waals surface area contributed by atoms with Crippen molar-refractivity contribution < 1.29 is 9.90 Å². The molecule has 0 bridgehead atoms. The molecule has 0 radical (unpaired) electrons. The summed E-state index contributed by atoms with van der Waals surface area (Å²) in [6, 6.07) is 14.1. The number of carbonyl (C=O) groups is 1. The molecule has 0 fully saturated rings. The predicted octanol–water partition coefficient (Wildman–Crippen LogP) is 4.65. The molecule has 0 unspecified atom stereocenters. The molecule has 132 valence electrons. The lowest BCUT2D eigenvalue weighted by molar-refractivity contribution is 0.0697. The fourth-order valence-electron chi connectivity index (χ4n) is 2.54. The Kier molecular flexibility index (Phi) is 5.54. The van der Waals surface area contributed by atoms with Crippen LogP contribution in [-0.4, -0.2) is 27.2 Å². The Morgan fingerprint density at radius 3 is 1.60 bits per heavy atom. The third-order valence-electron chi connectivity index (χ3n) is 4.31. The second-order valence-corrected chi connectivity index (χ2v) is 18.8. The van der Waals surface area contributed by atoms with Crippen molar-refractivity contribution in [1.29, 1.82) is 0 Å². The monoisotopic (exact) mass is 368 g/mol. The van der Waals surface area contributed by atoms with Crippen LogP contribution in [0.1, 0.15) is 21.5 Å². The first kappa shape index (κ1) is 19.4. The predicted molar refractivity (Wildman–Crippen MR) is 115 cm³/mol. The van der Waals surface area contributed by atoms with Crippen LogP contribution in [0.2, 0.25) is 39.3 Å². The largest absolute Gasteiger partial charge is 0.478 e. The molecule has 0 spiro atoms. The molecule has 0 aliphatic carbocycles. The first-order valence-electron chi connectivity index (χ1n) is 8.64. The summed E-state index contributed by atoms with van der Waals surface area (Å²) in [5.41, 5.74) is 2.57. The number of rotatable bonds is 5. The van der Waals surface area contributed by atoms with Crippen LogP contribution in [0.5, 0.6) is 0 Å². The molecule has 0 saturated carbocycles. The van der Waals surface area contributed by atoms with Gasteiger partial charge in [-0.25, -0.2) is 4.79 Å². The topological polar surface area (TPSA) is 37.3 Å². The van der Waals surface area contributed by atoms with Gasteiger partial charge in [0.15, 0.2) is 0 Å². The van der Waals surface area contributed by atoms with Gasteiger partial charge in [-0.2, -0.15) is 0 Å². The molecule has 0 atom stereocenters.